The molecule has 2 heterocycles. The average Bonchev–Trinajstić information content (AvgIpc) is 2.47. The summed E-state index contributed by atoms with van der Waals surface area (Å²) in [6, 6.07) is 4.42. The number of aromatic nitrogens is 1. The molecule has 0 aliphatic carbocycles. The zero-order valence-electron chi connectivity index (χ0n) is 11.1. The zero-order valence-corrected chi connectivity index (χ0v) is 11.9. The Morgan fingerprint density at radius 3 is 3.05 bits per heavy atom. The Morgan fingerprint density at radius 1 is 1.65 bits per heavy atom. The fourth-order valence-electron chi connectivity index (χ4n) is 2.01. The van der Waals surface area contributed by atoms with Gasteiger partial charge in [0.15, 0.2) is 5.69 Å². The van der Waals surface area contributed by atoms with Crippen LogP contribution in [-0.2, 0) is 14.8 Å². The van der Waals surface area contributed by atoms with Gasteiger partial charge in [0.25, 0.3) is 0 Å². The average molecular weight is 296 g/mol. The van der Waals surface area contributed by atoms with Crippen molar-refractivity contribution >= 4 is 10.0 Å². The Hall–Kier alpha value is -1.53. The highest BCUT2D eigenvalue weighted by Crippen LogP contribution is 2.21. The molecule has 0 amide bonds. The van der Waals surface area contributed by atoms with Crippen molar-refractivity contribution in [2.24, 2.45) is 5.73 Å². The minimum atomic E-state index is -3.76. The Balaban J connectivity index is 2.33. The smallest absolute Gasteiger partial charge is 0.246 e. The van der Waals surface area contributed by atoms with Crippen molar-refractivity contribution in [1.29, 1.82) is 5.26 Å². The summed E-state index contributed by atoms with van der Waals surface area (Å²) in [7, 11) is -3.76. The molecule has 1 aromatic heterocycles. The first-order valence-electron chi connectivity index (χ1n) is 6.19. The van der Waals surface area contributed by atoms with E-state index in [1.165, 1.54) is 22.6 Å². The molecule has 0 saturated carbocycles. The molecule has 0 radical (unpaired) electrons. The predicted molar refractivity (Wildman–Crippen MR) is 71.1 cm³/mol. The van der Waals surface area contributed by atoms with Crippen LogP contribution < -0.4 is 5.73 Å². The zero-order chi connectivity index (χ0) is 14.8. The molecule has 7 nitrogen and oxygen atoms in total. The lowest BCUT2D eigenvalue weighted by atomic mass is 10.2. The minimum absolute atomic E-state index is 0.0761. The van der Waals surface area contributed by atoms with E-state index in [1.54, 1.807) is 13.0 Å². The van der Waals surface area contributed by atoms with Crippen molar-refractivity contribution in [1.82, 2.24) is 9.29 Å². The van der Waals surface area contributed by atoms with Crippen LogP contribution in [0.3, 0.4) is 0 Å². The highest BCUT2D eigenvalue weighted by atomic mass is 32.2. The second-order valence-electron chi connectivity index (χ2n) is 4.59. The number of ether oxygens (including phenoxy) is 1. The number of morpholine rings is 1. The van der Waals surface area contributed by atoms with Crippen LogP contribution in [0.25, 0.3) is 0 Å². The monoisotopic (exact) mass is 296 g/mol. The lowest BCUT2D eigenvalue weighted by Gasteiger charge is -2.33. The number of rotatable bonds is 3. The van der Waals surface area contributed by atoms with Gasteiger partial charge in [0.2, 0.25) is 10.0 Å². The molecule has 1 aliphatic heterocycles. The molecule has 0 spiro atoms. The highest BCUT2D eigenvalue weighted by molar-refractivity contribution is 7.89. The number of nitrogens with two attached hydrogens (primary N) is 1. The first-order chi connectivity index (χ1) is 9.46. The van der Waals surface area contributed by atoms with E-state index in [4.69, 9.17) is 15.7 Å². The largest absolute Gasteiger partial charge is 0.374 e. The summed E-state index contributed by atoms with van der Waals surface area (Å²) in [4.78, 5) is 3.71. The summed E-state index contributed by atoms with van der Waals surface area (Å²) in [5.41, 5.74) is 5.66. The summed E-state index contributed by atoms with van der Waals surface area (Å²) in [5.74, 6) is 0. The van der Waals surface area contributed by atoms with Crippen LogP contribution in [0, 0.1) is 11.3 Å². The molecule has 0 aromatic carbocycles. The highest BCUT2D eigenvalue weighted by Gasteiger charge is 2.33. The van der Waals surface area contributed by atoms with Gasteiger partial charge in [0.05, 0.1) is 12.7 Å². The van der Waals surface area contributed by atoms with Crippen molar-refractivity contribution in [3.05, 3.63) is 24.0 Å². The van der Waals surface area contributed by atoms with Crippen molar-refractivity contribution in [3.8, 4) is 6.07 Å². The molecule has 0 bridgehead atoms. The van der Waals surface area contributed by atoms with E-state index in [0.717, 1.165) is 0 Å². The summed E-state index contributed by atoms with van der Waals surface area (Å²) in [6.07, 6.45) is 1.04. The van der Waals surface area contributed by atoms with Gasteiger partial charge in [0.1, 0.15) is 11.0 Å². The SMILES string of the molecule is CC(N)C1CN(S(=O)(=O)c2cccnc2C#N)CCO1. The Labute approximate surface area is 118 Å². The number of hydrogen-bond acceptors (Lipinski definition) is 6. The third-order valence-corrected chi connectivity index (χ3v) is 5.03. The van der Waals surface area contributed by atoms with Gasteiger partial charge in [0, 0.05) is 25.3 Å². The summed E-state index contributed by atoms with van der Waals surface area (Å²) < 4.78 is 31.9. The fourth-order valence-corrected chi connectivity index (χ4v) is 3.54. The number of nitrogens with zero attached hydrogens (tertiary/aromatic N) is 3. The van der Waals surface area contributed by atoms with Gasteiger partial charge in [-0.3, -0.25) is 0 Å². The maximum atomic E-state index is 12.6. The molecule has 108 valence electrons. The quantitative estimate of drug-likeness (QED) is 0.819. The molecule has 2 N–H and O–H groups in total. The van der Waals surface area contributed by atoms with E-state index in [-0.39, 0.29) is 42.4 Å². The van der Waals surface area contributed by atoms with Gasteiger partial charge in [-0.05, 0) is 19.1 Å². The van der Waals surface area contributed by atoms with Crippen LogP contribution in [0.15, 0.2) is 23.2 Å². The summed E-state index contributed by atoms with van der Waals surface area (Å²) in [6.45, 7) is 2.48. The van der Waals surface area contributed by atoms with Crippen LogP contribution in [0.5, 0.6) is 0 Å². The molecule has 1 fully saturated rings. The van der Waals surface area contributed by atoms with Crippen LogP contribution in [0.2, 0.25) is 0 Å². The lowest BCUT2D eigenvalue weighted by molar-refractivity contribution is -0.0120. The Morgan fingerprint density at radius 2 is 2.40 bits per heavy atom. The second-order valence-corrected chi connectivity index (χ2v) is 6.50. The Bertz CT molecular complexity index is 624. The summed E-state index contributed by atoms with van der Waals surface area (Å²) in [5, 5.41) is 8.98. The van der Waals surface area contributed by atoms with Crippen LogP contribution >= 0.6 is 0 Å². The van der Waals surface area contributed by atoms with Crippen LogP contribution in [0.1, 0.15) is 12.6 Å². The molecule has 2 atom stereocenters. The molecule has 1 aliphatic rings. The van der Waals surface area contributed by atoms with Crippen LogP contribution in [-0.4, -0.2) is 49.5 Å². The number of sulfonamides is 1. The number of nitriles is 1. The van der Waals surface area contributed by atoms with Gasteiger partial charge in [-0.1, -0.05) is 0 Å². The van der Waals surface area contributed by atoms with Gasteiger partial charge < -0.3 is 10.5 Å². The maximum Gasteiger partial charge on any atom is 0.246 e. The van der Waals surface area contributed by atoms with Crippen molar-refractivity contribution < 1.29 is 13.2 Å². The first-order valence-corrected chi connectivity index (χ1v) is 7.63. The van der Waals surface area contributed by atoms with E-state index < -0.39 is 10.0 Å². The minimum Gasteiger partial charge on any atom is -0.374 e. The standard InChI is InChI=1S/C12H16N4O3S/c1-9(14)11-8-16(5-6-19-11)20(17,18)12-3-2-4-15-10(12)7-13/h2-4,9,11H,5-6,8,14H2,1H3. The van der Waals surface area contributed by atoms with Crippen LogP contribution in [0.4, 0.5) is 0 Å². The predicted octanol–water partition coefficient (Wildman–Crippen LogP) is -0.310. The molecule has 2 rings (SSSR count). The first kappa shape index (κ1) is 14.9. The molecule has 1 saturated heterocycles. The maximum absolute atomic E-state index is 12.6. The third kappa shape index (κ3) is 2.81. The molecule has 8 heteroatoms. The molecule has 2 unspecified atom stereocenters. The lowest BCUT2D eigenvalue weighted by Crippen LogP contribution is -2.51. The van der Waals surface area contributed by atoms with Crippen molar-refractivity contribution in [3.63, 3.8) is 0 Å². The summed E-state index contributed by atoms with van der Waals surface area (Å²) >= 11 is 0. The normalized spacial score (nSPS) is 22.1. The molecule has 20 heavy (non-hydrogen) atoms. The fraction of sp³-hybridized carbons (Fsp3) is 0.500. The molecule has 1 aromatic rings. The van der Waals surface area contributed by atoms with E-state index in [1.807, 2.05) is 0 Å². The third-order valence-electron chi connectivity index (χ3n) is 3.14. The van der Waals surface area contributed by atoms with E-state index in [0.29, 0.717) is 0 Å². The van der Waals surface area contributed by atoms with Crippen molar-refractivity contribution in [2.45, 2.75) is 24.0 Å². The van der Waals surface area contributed by atoms with Crippen molar-refractivity contribution in [2.75, 3.05) is 19.7 Å². The number of hydrogen-bond donors (Lipinski definition) is 1. The topological polar surface area (TPSA) is 109 Å². The van der Waals surface area contributed by atoms with E-state index >= 15 is 0 Å². The van der Waals surface area contributed by atoms with E-state index in [2.05, 4.69) is 4.98 Å². The van der Waals surface area contributed by atoms with Gasteiger partial charge in [-0.25, -0.2) is 13.4 Å². The second kappa shape index (κ2) is 5.85. The van der Waals surface area contributed by atoms with Gasteiger partial charge in [-0.2, -0.15) is 9.57 Å². The number of pyridine rings is 1. The van der Waals surface area contributed by atoms with E-state index in [9.17, 15) is 8.42 Å². The van der Waals surface area contributed by atoms with Gasteiger partial charge in [-0.15, -0.1) is 0 Å². The Kier molecular flexibility index (Phi) is 4.35. The molecular weight excluding hydrogens is 280 g/mol. The molecular formula is C12H16N4O3S. The van der Waals surface area contributed by atoms with Gasteiger partial charge >= 0.3 is 0 Å².